The summed E-state index contributed by atoms with van der Waals surface area (Å²) < 4.78 is 1.03. The lowest BCUT2D eigenvalue weighted by atomic mass is 10.2. The standard InChI is InChI=1S/C15H22BrN3O2/c1-4-17-15(21)11(2)18-14(20)10-19(3)9-12-5-7-13(16)8-6-12/h5-8,11H,4,9-10H2,1-3H3,(H,17,21)(H,18,20)/t11-/m0/s1. The summed E-state index contributed by atoms with van der Waals surface area (Å²) in [6.45, 7) is 5.01. The number of carbonyl (C=O) groups excluding carboxylic acids is 2. The lowest BCUT2D eigenvalue weighted by Gasteiger charge is -2.18. The van der Waals surface area contributed by atoms with Crippen LogP contribution in [0.3, 0.4) is 0 Å². The Hall–Kier alpha value is -1.40. The first kappa shape index (κ1) is 17.7. The van der Waals surface area contributed by atoms with Gasteiger partial charge in [0.1, 0.15) is 6.04 Å². The maximum absolute atomic E-state index is 11.9. The highest BCUT2D eigenvalue weighted by molar-refractivity contribution is 9.10. The van der Waals surface area contributed by atoms with Gasteiger partial charge in [0.15, 0.2) is 0 Å². The normalized spacial score (nSPS) is 12.0. The molecule has 1 rings (SSSR count). The number of benzene rings is 1. The number of amides is 2. The topological polar surface area (TPSA) is 61.4 Å². The van der Waals surface area contributed by atoms with Crippen molar-refractivity contribution in [2.24, 2.45) is 0 Å². The predicted molar refractivity (Wildman–Crippen MR) is 86.8 cm³/mol. The second kappa shape index (κ2) is 8.79. The van der Waals surface area contributed by atoms with Crippen LogP contribution in [-0.4, -0.2) is 42.9 Å². The monoisotopic (exact) mass is 355 g/mol. The fraction of sp³-hybridized carbons (Fsp3) is 0.467. The summed E-state index contributed by atoms with van der Waals surface area (Å²) in [5, 5.41) is 5.37. The molecule has 1 atom stereocenters. The Labute approximate surface area is 134 Å². The molecule has 1 aromatic carbocycles. The number of nitrogens with one attached hydrogen (secondary N) is 2. The molecule has 0 heterocycles. The van der Waals surface area contributed by atoms with Gasteiger partial charge in [-0.15, -0.1) is 0 Å². The van der Waals surface area contributed by atoms with Crippen molar-refractivity contribution in [2.45, 2.75) is 26.4 Å². The second-order valence-corrected chi connectivity index (χ2v) is 5.90. The number of nitrogens with zero attached hydrogens (tertiary/aromatic N) is 1. The van der Waals surface area contributed by atoms with E-state index in [-0.39, 0.29) is 18.4 Å². The third-order valence-electron chi connectivity index (χ3n) is 2.90. The van der Waals surface area contributed by atoms with E-state index in [4.69, 9.17) is 0 Å². The molecule has 0 radical (unpaired) electrons. The van der Waals surface area contributed by atoms with Crippen molar-refractivity contribution in [3.05, 3.63) is 34.3 Å². The summed E-state index contributed by atoms with van der Waals surface area (Å²) in [4.78, 5) is 25.3. The minimum atomic E-state index is -0.515. The van der Waals surface area contributed by atoms with Crippen LogP contribution in [0.1, 0.15) is 19.4 Å². The first-order valence-corrected chi connectivity index (χ1v) is 7.71. The van der Waals surface area contributed by atoms with Crippen LogP contribution in [0.25, 0.3) is 0 Å². The van der Waals surface area contributed by atoms with Crippen molar-refractivity contribution in [3.63, 3.8) is 0 Å². The summed E-state index contributed by atoms with van der Waals surface area (Å²) in [6.07, 6.45) is 0. The van der Waals surface area contributed by atoms with Gasteiger partial charge in [-0.3, -0.25) is 14.5 Å². The molecule has 0 saturated heterocycles. The Kier molecular flexibility index (Phi) is 7.39. The highest BCUT2D eigenvalue weighted by Crippen LogP contribution is 2.11. The number of hydrogen-bond donors (Lipinski definition) is 2. The molecule has 116 valence electrons. The van der Waals surface area contributed by atoms with Crippen LogP contribution in [0.2, 0.25) is 0 Å². The van der Waals surface area contributed by atoms with Gasteiger partial charge in [-0.1, -0.05) is 28.1 Å². The summed E-state index contributed by atoms with van der Waals surface area (Å²) in [5.41, 5.74) is 1.13. The SMILES string of the molecule is CCNC(=O)[C@H](C)NC(=O)CN(C)Cc1ccc(Br)cc1. The minimum absolute atomic E-state index is 0.159. The Bertz CT molecular complexity index is 476. The number of hydrogen-bond acceptors (Lipinski definition) is 3. The van der Waals surface area contributed by atoms with Gasteiger partial charge in [-0.2, -0.15) is 0 Å². The molecule has 6 heteroatoms. The van der Waals surface area contributed by atoms with E-state index >= 15 is 0 Å². The van der Waals surface area contributed by atoms with Gasteiger partial charge in [0.05, 0.1) is 6.54 Å². The maximum Gasteiger partial charge on any atom is 0.242 e. The molecule has 2 amide bonds. The van der Waals surface area contributed by atoms with Crippen LogP contribution in [0.5, 0.6) is 0 Å². The molecule has 5 nitrogen and oxygen atoms in total. The van der Waals surface area contributed by atoms with Crippen molar-refractivity contribution in [3.8, 4) is 0 Å². The molecule has 0 spiro atoms. The Morgan fingerprint density at radius 1 is 1.29 bits per heavy atom. The van der Waals surface area contributed by atoms with Crippen LogP contribution < -0.4 is 10.6 Å². The van der Waals surface area contributed by atoms with Crippen LogP contribution in [-0.2, 0) is 16.1 Å². The second-order valence-electron chi connectivity index (χ2n) is 4.98. The lowest BCUT2D eigenvalue weighted by Crippen LogP contribution is -2.47. The molecule has 0 aliphatic rings. The van der Waals surface area contributed by atoms with E-state index in [9.17, 15) is 9.59 Å². The van der Waals surface area contributed by atoms with Gasteiger partial charge in [-0.25, -0.2) is 0 Å². The highest BCUT2D eigenvalue weighted by Gasteiger charge is 2.15. The largest absolute Gasteiger partial charge is 0.355 e. The average molecular weight is 356 g/mol. The summed E-state index contributed by atoms with van der Waals surface area (Å²) >= 11 is 3.39. The van der Waals surface area contributed by atoms with Gasteiger partial charge in [0.25, 0.3) is 0 Å². The maximum atomic E-state index is 11.9. The van der Waals surface area contributed by atoms with Crippen LogP contribution in [0.15, 0.2) is 28.7 Å². The summed E-state index contributed by atoms with van der Waals surface area (Å²) in [6, 6.07) is 7.45. The zero-order valence-corrected chi connectivity index (χ0v) is 14.2. The molecule has 1 aromatic rings. The number of carbonyl (C=O) groups is 2. The fourth-order valence-electron chi connectivity index (χ4n) is 1.88. The molecule has 0 aromatic heterocycles. The molecular weight excluding hydrogens is 334 g/mol. The van der Waals surface area contributed by atoms with Gasteiger partial charge in [0, 0.05) is 17.6 Å². The van der Waals surface area contributed by atoms with E-state index in [2.05, 4.69) is 26.6 Å². The summed E-state index contributed by atoms with van der Waals surface area (Å²) in [5.74, 6) is -0.324. The molecular formula is C15H22BrN3O2. The smallest absolute Gasteiger partial charge is 0.242 e. The Balaban J connectivity index is 2.40. The van der Waals surface area contributed by atoms with Gasteiger partial charge in [-0.05, 0) is 38.6 Å². The van der Waals surface area contributed by atoms with Crippen LogP contribution in [0, 0.1) is 0 Å². The van der Waals surface area contributed by atoms with E-state index in [0.29, 0.717) is 13.1 Å². The van der Waals surface area contributed by atoms with E-state index < -0.39 is 6.04 Å². The highest BCUT2D eigenvalue weighted by atomic mass is 79.9. The van der Waals surface area contributed by atoms with E-state index in [1.807, 2.05) is 43.1 Å². The molecule has 0 unspecified atom stereocenters. The first-order valence-electron chi connectivity index (χ1n) is 6.92. The molecule has 0 bridgehead atoms. The van der Waals surface area contributed by atoms with Crippen molar-refractivity contribution in [2.75, 3.05) is 20.1 Å². The lowest BCUT2D eigenvalue weighted by molar-refractivity contribution is -0.129. The zero-order valence-electron chi connectivity index (χ0n) is 12.6. The fourth-order valence-corrected chi connectivity index (χ4v) is 2.15. The third-order valence-corrected chi connectivity index (χ3v) is 3.43. The van der Waals surface area contributed by atoms with Gasteiger partial charge >= 0.3 is 0 Å². The van der Waals surface area contributed by atoms with Gasteiger partial charge in [0.2, 0.25) is 11.8 Å². The average Bonchev–Trinajstić information content (AvgIpc) is 2.41. The Morgan fingerprint density at radius 3 is 2.48 bits per heavy atom. The van der Waals surface area contributed by atoms with E-state index in [1.54, 1.807) is 6.92 Å². The molecule has 0 aliphatic carbocycles. The van der Waals surface area contributed by atoms with Crippen molar-refractivity contribution in [1.29, 1.82) is 0 Å². The molecule has 0 aliphatic heterocycles. The first-order chi connectivity index (χ1) is 9.92. The summed E-state index contributed by atoms with van der Waals surface area (Å²) in [7, 11) is 1.87. The van der Waals surface area contributed by atoms with E-state index in [0.717, 1.165) is 10.0 Å². The van der Waals surface area contributed by atoms with Crippen molar-refractivity contribution in [1.82, 2.24) is 15.5 Å². The van der Waals surface area contributed by atoms with Crippen LogP contribution in [0.4, 0.5) is 0 Å². The molecule has 2 N–H and O–H groups in total. The quantitative estimate of drug-likeness (QED) is 0.779. The number of rotatable bonds is 7. The van der Waals surface area contributed by atoms with E-state index in [1.165, 1.54) is 0 Å². The van der Waals surface area contributed by atoms with Crippen molar-refractivity contribution < 1.29 is 9.59 Å². The van der Waals surface area contributed by atoms with Gasteiger partial charge < -0.3 is 10.6 Å². The minimum Gasteiger partial charge on any atom is -0.355 e. The predicted octanol–water partition coefficient (Wildman–Crippen LogP) is 1.52. The van der Waals surface area contributed by atoms with Crippen LogP contribution >= 0.6 is 15.9 Å². The molecule has 0 fully saturated rings. The Morgan fingerprint density at radius 2 is 1.90 bits per heavy atom. The number of halogens is 1. The zero-order chi connectivity index (χ0) is 15.8. The number of likely N-dealkylation sites (N-methyl/N-ethyl adjacent to an activating group) is 2. The third kappa shape index (κ3) is 6.73. The molecule has 0 saturated carbocycles. The molecule has 21 heavy (non-hydrogen) atoms. The van der Waals surface area contributed by atoms with Crippen molar-refractivity contribution >= 4 is 27.7 Å².